The van der Waals surface area contributed by atoms with Crippen LogP contribution in [0.15, 0.2) is 71.3 Å². The molecule has 4 aromatic rings. The topological polar surface area (TPSA) is 102 Å². The van der Waals surface area contributed by atoms with Crippen molar-refractivity contribution in [1.29, 1.82) is 0 Å². The highest BCUT2D eigenvalue weighted by atomic mass is 19.4. The number of carboxylic acid groups (broad SMARTS) is 1. The molecule has 1 N–H and O–H groups in total. The molecule has 2 atom stereocenters. The highest BCUT2D eigenvalue weighted by molar-refractivity contribution is 5.72. The molecule has 0 aliphatic carbocycles. The maximum atomic E-state index is 13.1. The summed E-state index contributed by atoms with van der Waals surface area (Å²) in [5.41, 5.74) is 1.82. The minimum absolute atomic E-state index is 0.0387. The van der Waals surface area contributed by atoms with Gasteiger partial charge in [-0.05, 0) is 48.6 Å². The lowest BCUT2D eigenvalue weighted by atomic mass is 9.90. The monoisotopic (exact) mass is 566 g/mol. The van der Waals surface area contributed by atoms with Crippen molar-refractivity contribution >= 4 is 11.9 Å². The molecular weight excluding hydrogens is 537 g/mol. The van der Waals surface area contributed by atoms with Crippen LogP contribution in [0.2, 0.25) is 0 Å². The van der Waals surface area contributed by atoms with E-state index in [1.807, 2.05) is 61.5 Å². The fourth-order valence-corrected chi connectivity index (χ4v) is 5.04. The molecule has 0 bridgehead atoms. The van der Waals surface area contributed by atoms with Crippen LogP contribution in [0.4, 0.5) is 19.1 Å². The van der Waals surface area contributed by atoms with Crippen molar-refractivity contribution in [2.75, 3.05) is 24.6 Å². The van der Waals surface area contributed by atoms with E-state index >= 15 is 0 Å². The maximum absolute atomic E-state index is 13.1. The van der Waals surface area contributed by atoms with Crippen LogP contribution in [0.5, 0.6) is 5.75 Å². The molecule has 0 spiro atoms. The van der Waals surface area contributed by atoms with E-state index in [4.69, 9.17) is 9.15 Å². The van der Waals surface area contributed by atoms with Crippen LogP contribution in [-0.2, 0) is 30.2 Å². The van der Waals surface area contributed by atoms with Crippen molar-refractivity contribution in [2.24, 2.45) is 11.8 Å². The van der Waals surface area contributed by atoms with Gasteiger partial charge in [0.2, 0.25) is 5.95 Å². The Labute approximate surface area is 234 Å². The number of hydrogen-bond donors (Lipinski definition) is 1. The molecule has 2 aromatic heterocycles. The number of anilines is 1. The lowest BCUT2D eigenvalue weighted by molar-refractivity contribution is -0.142. The number of alkyl halides is 3. The van der Waals surface area contributed by atoms with E-state index in [1.54, 1.807) is 0 Å². The first-order valence-corrected chi connectivity index (χ1v) is 13.2. The van der Waals surface area contributed by atoms with Crippen molar-refractivity contribution in [2.45, 2.75) is 32.4 Å². The van der Waals surface area contributed by atoms with Gasteiger partial charge in [-0.2, -0.15) is 13.2 Å². The highest BCUT2D eigenvalue weighted by Crippen LogP contribution is 2.32. The van der Waals surface area contributed by atoms with Gasteiger partial charge in [0.15, 0.2) is 5.89 Å². The van der Waals surface area contributed by atoms with Crippen LogP contribution in [-0.4, -0.2) is 45.7 Å². The molecule has 0 amide bonds. The Morgan fingerprint density at radius 1 is 1.05 bits per heavy atom. The zero-order chi connectivity index (χ0) is 29.0. The van der Waals surface area contributed by atoms with Gasteiger partial charge in [0.1, 0.15) is 17.2 Å². The van der Waals surface area contributed by atoms with Gasteiger partial charge >= 0.3 is 12.1 Å². The molecule has 11 heteroatoms. The SMILES string of the molecule is Cc1oc(Cc2ccccc2)nc1CCOc1ccc(C[C@@H]2CN(c3nccc(C(F)(F)F)n3)C[C@H]2C(=O)O)cc1. The van der Waals surface area contributed by atoms with E-state index in [9.17, 15) is 23.1 Å². The number of aliphatic carboxylic acids is 1. The van der Waals surface area contributed by atoms with Crippen LogP contribution < -0.4 is 9.64 Å². The number of aryl methyl sites for hydroxylation is 1. The number of aromatic nitrogens is 3. The highest BCUT2D eigenvalue weighted by Gasteiger charge is 2.40. The van der Waals surface area contributed by atoms with Crippen LogP contribution in [0.25, 0.3) is 0 Å². The number of rotatable bonds is 10. The van der Waals surface area contributed by atoms with Crippen LogP contribution in [0.1, 0.15) is 34.2 Å². The summed E-state index contributed by atoms with van der Waals surface area (Å²) >= 11 is 0. The second-order valence-corrected chi connectivity index (χ2v) is 10.1. The minimum Gasteiger partial charge on any atom is -0.493 e. The Morgan fingerprint density at radius 3 is 2.51 bits per heavy atom. The number of hydrogen-bond acceptors (Lipinski definition) is 7. The fraction of sp³-hybridized carbons (Fsp3) is 0.333. The first kappa shape index (κ1) is 28.1. The summed E-state index contributed by atoms with van der Waals surface area (Å²) in [5, 5.41) is 9.76. The number of carbonyl (C=O) groups is 1. The number of ether oxygens (including phenoxy) is 1. The quantitative estimate of drug-likeness (QED) is 0.273. The molecule has 3 heterocycles. The third-order valence-electron chi connectivity index (χ3n) is 7.14. The number of oxazole rings is 1. The number of halogens is 3. The van der Waals surface area contributed by atoms with Crippen molar-refractivity contribution in [1.82, 2.24) is 15.0 Å². The average molecular weight is 567 g/mol. The van der Waals surface area contributed by atoms with Crippen molar-refractivity contribution in [3.8, 4) is 5.75 Å². The van der Waals surface area contributed by atoms with Crippen molar-refractivity contribution < 1.29 is 32.2 Å². The number of benzene rings is 2. The molecule has 1 fully saturated rings. The second-order valence-electron chi connectivity index (χ2n) is 10.1. The van der Waals surface area contributed by atoms with Gasteiger partial charge in [0, 0.05) is 32.1 Å². The molecule has 1 aliphatic heterocycles. The first-order valence-electron chi connectivity index (χ1n) is 13.2. The zero-order valence-corrected chi connectivity index (χ0v) is 22.3. The average Bonchev–Trinajstić information content (AvgIpc) is 3.53. The Hall–Kier alpha value is -4.41. The molecule has 0 unspecified atom stereocenters. The van der Waals surface area contributed by atoms with Gasteiger partial charge in [-0.1, -0.05) is 42.5 Å². The number of nitrogens with zero attached hydrogens (tertiary/aromatic N) is 4. The maximum Gasteiger partial charge on any atom is 0.433 e. The molecule has 8 nitrogen and oxygen atoms in total. The second kappa shape index (κ2) is 12.0. The van der Waals surface area contributed by atoms with E-state index < -0.39 is 23.8 Å². The van der Waals surface area contributed by atoms with Gasteiger partial charge in [0.05, 0.1) is 18.2 Å². The van der Waals surface area contributed by atoms with E-state index in [2.05, 4.69) is 15.0 Å². The van der Waals surface area contributed by atoms with E-state index in [1.165, 1.54) is 4.90 Å². The summed E-state index contributed by atoms with van der Waals surface area (Å²) in [4.78, 5) is 25.6. The lowest BCUT2D eigenvalue weighted by Gasteiger charge is -2.17. The largest absolute Gasteiger partial charge is 0.493 e. The Morgan fingerprint density at radius 2 is 1.80 bits per heavy atom. The predicted octanol–water partition coefficient (Wildman–Crippen LogP) is 5.38. The third kappa shape index (κ3) is 7.03. The smallest absolute Gasteiger partial charge is 0.433 e. The molecule has 2 aromatic carbocycles. The van der Waals surface area contributed by atoms with E-state index in [0.717, 1.165) is 34.8 Å². The molecule has 41 heavy (non-hydrogen) atoms. The zero-order valence-electron chi connectivity index (χ0n) is 22.3. The predicted molar refractivity (Wildman–Crippen MR) is 144 cm³/mol. The van der Waals surface area contributed by atoms with Gasteiger partial charge in [-0.25, -0.2) is 15.0 Å². The van der Waals surface area contributed by atoms with Gasteiger partial charge in [-0.15, -0.1) is 0 Å². The van der Waals surface area contributed by atoms with Gasteiger partial charge in [-0.3, -0.25) is 4.79 Å². The first-order chi connectivity index (χ1) is 19.7. The Bertz CT molecular complexity index is 1480. The number of carboxylic acids is 1. The summed E-state index contributed by atoms with van der Waals surface area (Å²) in [7, 11) is 0. The minimum atomic E-state index is -4.61. The van der Waals surface area contributed by atoms with Gasteiger partial charge in [0.25, 0.3) is 0 Å². The molecule has 214 valence electrons. The van der Waals surface area contributed by atoms with Gasteiger partial charge < -0.3 is 19.2 Å². The Kier molecular flexibility index (Phi) is 8.23. The summed E-state index contributed by atoms with van der Waals surface area (Å²) in [6.45, 7) is 2.57. The standard InChI is InChI=1S/C30H29F3N4O4/c1-19-25(35-27(41-19)16-20-5-3-2-4-6-20)12-14-40-23-9-7-21(8-10-23)15-22-17-37(18-24(22)28(38)39)29-34-13-11-26(36-29)30(31,32)33/h2-11,13,22,24H,12,14-18H2,1H3,(H,38,39)/t22-,24-/m1/s1. The van der Waals surface area contributed by atoms with E-state index in [0.29, 0.717) is 37.5 Å². The molecule has 0 saturated carbocycles. The van der Waals surface area contributed by atoms with E-state index in [-0.39, 0.29) is 25.0 Å². The van der Waals surface area contributed by atoms with Crippen LogP contribution in [0, 0.1) is 18.8 Å². The molecular formula is C30H29F3N4O4. The van der Waals surface area contributed by atoms with Crippen LogP contribution >= 0.6 is 0 Å². The summed E-state index contributed by atoms with van der Waals surface area (Å²) in [5.74, 6) is -0.105. The van der Waals surface area contributed by atoms with Crippen LogP contribution in [0.3, 0.4) is 0 Å². The van der Waals surface area contributed by atoms with Crippen molar-refractivity contribution in [3.05, 3.63) is 101 Å². The summed E-state index contributed by atoms with van der Waals surface area (Å²) in [6, 6.07) is 18.2. The normalized spacial score (nSPS) is 17.1. The molecule has 1 saturated heterocycles. The molecule has 0 radical (unpaired) electrons. The summed E-state index contributed by atoms with van der Waals surface area (Å²) < 4.78 is 51.0. The molecule has 5 rings (SSSR count). The lowest BCUT2D eigenvalue weighted by Crippen LogP contribution is -2.25. The summed E-state index contributed by atoms with van der Waals surface area (Å²) in [6.07, 6.45) is -1.91. The molecule has 1 aliphatic rings. The fourth-order valence-electron chi connectivity index (χ4n) is 5.04. The third-order valence-corrected chi connectivity index (χ3v) is 7.14. The Balaban J connectivity index is 1.15. The van der Waals surface area contributed by atoms with Crippen molar-refractivity contribution in [3.63, 3.8) is 0 Å².